The van der Waals surface area contributed by atoms with E-state index in [4.69, 9.17) is 0 Å². The molecule has 2 aliphatic rings. The van der Waals surface area contributed by atoms with E-state index in [1.54, 1.807) is 4.90 Å². The quantitative estimate of drug-likeness (QED) is 0.908. The van der Waals surface area contributed by atoms with Gasteiger partial charge in [0.05, 0.1) is 0 Å². The Kier molecular flexibility index (Phi) is 5.31. The summed E-state index contributed by atoms with van der Waals surface area (Å²) in [6.07, 6.45) is 7.80. The third kappa shape index (κ3) is 4.12. The first-order valence-electron chi connectivity index (χ1n) is 8.88. The molecule has 1 heterocycles. The molecular weight excluding hydrogens is 288 g/mol. The Bertz CT molecular complexity index is 538. The molecule has 0 spiro atoms. The molecule has 23 heavy (non-hydrogen) atoms. The van der Waals surface area contributed by atoms with E-state index in [0.717, 1.165) is 19.3 Å². The number of rotatable bonds is 5. The van der Waals surface area contributed by atoms with E-state index in [9.17, 15) is 9.59 Å². The van der Waals surface area contributed by atoms with E-state index in [0.29, 0.717) is 25.4 Å². The number of hydrogen-bond acceptors (Lipinski definition) is 2. The number of amides is 2. The maximum Gasteiger partial charge on any atom is 0.243 e. The minimum absolute atomic E-state index is 0.0517. The topological polar surface area (TPSA) is 49.4 Å². The van der Waals surface area contributed by atoms with Crippen LogP contribution in [0.2, 0.25) is 0 Å². The van der Waals surface area contributed by atoms with Gasteiger partial charge in [-0.2, -0.15) is 0 Å². The summed E-state index contributed by atoms with van der Waals surface area (Å²) in [4.78, 5) is 26.5. The fraction of sp³-hybridized carbons (Fsp3) is 0.579. The molecule has 1 unspecified atom stereocenters. The second kappa shape index (κ2) is 7.62. The van der Waals surface area contributed by atoms with E-state index in [1.165, 1.54) is 24.8 Å². The second-order valence-corrected chi connectivity index (χ2v) is 6.72. The summed E-state index contributed by atoms with van der Waals surface area (Å²) in [7, 11) is 0. The standard InChI is InChI=1S/C19H26N2O2/c22-18-12-11-17(19(23)20-16-9-5-2-6-10-16)21(18)14-13-15-7-3-1-4-8-15/h1,3-4,7-8,16-17H,2,5-6,9-14H2,(H,20,23). The molecule has 2 fully saturated rings. The molecule has 4 heteroatoms. The normalized spacial score (nSPS) is 22.3. The van der Waals surface area contributed by atoms with E-state index >= 15 is 0 Å². The summed E-state index contributed by atoms with van der Waals surface area (Å²) >= 11 is 0. The molecule has 1 N–H and O–H groups in total. The number of benzene rings is 1. The Labute approximate surface area is 138 Å². The van der Waals surface area contributed by atoms with Gasteiger partial charge in [0.15, 0.2) is 0 Å². The molecular formula is C19H26N2O2. The summed E-state index contributed by atoms with van der Waals surface area (Å²) in [5.41, 5.74) is 1.21. The van der Waals surface area contributed by atoms with Crippen LogP contribution in [0.5, 0.6) is 0 Å². The lowest BCUT2D eigenvalue weighted by Crippen LogP contribution is -2.48. The van der Waals surface area contributed by atoms with Crippen molar-refractivity contribution in [1.29, 1.82) is 0 Å². The molecule has 4 nitrogen and oxygen atoms in total. The summed E-state index contributed by atoms with van der Waals surface area (Å²) in [6.45, 7) is 0.631. The van der Waals surface area contributed by atoms with Gasteiger partial charge in [0.1, 0.15) is 6.04 Å². The van der Waals surface area contributed by atoms with Gasteiger partial charge in [0.2, 0.25) is 11.8 Å². The SMILES string of the molecule is O=C(NC1CCCCC1)C1CCC(=O)N1CCc1ccccc1. The fourth-order valence-corrected chi connectivity index (χ4v) is 3.73. The van der Waals surface area contributed by atoms with Crippen LogP contribution >= 0.6 is 0 Å². The van der Waals surface area contributed by atoms with Crippen LogP contribution in [0.25, 0.3) is 0 Å². The van der Waals surface area contributed by atoms with Gasteiger partial charge in [-0.1, -0.05) is 49.6 Å². The number of hydrogen-bond donors (Lipinski definition) is 1. The van der Waals surface area contributed by atoms with Crippen LogP contribution < -0.4 is 5.32 Å². The molecule has 1 saturated heterocycles. The first kappa shape index (κ1) is 16.0. The largest absolute Gasteiger partial charge is 0.352 e. The van der Waals surface area contributed by atoms with Crippen LogP contribution in [-0.4, -0.2) is 35.3 Å². The molecule has 1 aliphatic heterocycles. The van der Waals surface area contributed by atoms with Gasteiger partial charge in [-0.15, -0.1) is 0 Å². The Hall–Kier alpha value is -1.84. The van der Waals surface area contributed by atoms with Gasteiger partial charge in [0.25, 0.3) is 0 Å². The van der Waals surface area contributed by atoms with Gasteiger partial charge < -0.3 is 10.2 Å². The van der Waals surface area contributed by atoms with E-state index in [-0.39, 0.29) is 17.9 Å². The van der Waals surface area contributed by atoms with Crippen molar-refractivity contribution in [3.05, 3.63) is 35.9 Å². The Morgan fingerprint density at radius 1 is 1.09 bits per heavy atom. The van der Waals surface area contributed by atoms with Crippen molar-refractivity contribution >= 4 is 11.8 Å². The molecule has 0 bridgehead atoms. The number of likely N-dealkylation sites (tertiary alicyclic amines) is 1. The van der Waals surface area contributed by atoms with Crippen molar-refractivity contribution in [3.63, 3.8) is 0 Å². The van der Waals surface area contributed by atoms with Crippen molar-refractivity contribution in [1.82, 2.24) is 10.2 Å². The second-order valence-electron chi connectivity index (χ2n) is 6.72. The van der Waals surface area contributed by atoms with Gasteiger partial charge in [0, 0.05) is 19.0 Å². The molecule has 0 radical (unpaired) electrons. The zero-order chi connectivity index (χ0) is 16.1. The molecule has 1 aromatic carbocycles. The zero-order valence-electron chi connectivity index (χ0n) is 13.7. The average molecular weight is 314 g/mol. The number of nitrogens with one attached hydrogen (secondary N) is 1. The lowest BCUT2D eigenvalue weighted by atomic mass is 9.95. The lowest BCUT2D eigenvalue weighted by Gasteiger charge is -2.28. The van der Waals surface area contributed by atoms with Crippen LogP contribution in [-0.2, 0) is 16.0 Å². The highest BCUT2D eigenvalue weighted by Crippen LogP contribution is 2.22. The van der Waals surface area contributed by atoms with E-state index in [2.05, 4.69) is 17.4 Å². The van der Waals surface area contributed by atoms with Crippen LogP contribution in [0, 0.1) is 0 Å². The molecule has 1 saturated carbocycles. The Morgan fingerprint density at radius 3 is 2.57 bits per heavy atom. The maximum atomic E-state index is 12.6. The van der Waals surface area contributed by atoms with Crippen LogP contribution in [0.1, 0.15) is 50.5 Å². The predicted octanol–water partition coefficient (Wildman–Crippen LogP) is 2.67. The Balaban J connectivity index is 1.56. The highest BCUT2D eigenvalue weighted by Gasteiger charge is 2.36. The van der Waals surface area contributed by atoms with Gasteiger partial charge in [-0.25, -0.2) is 0 Å². The predicted molar refractivity (Wildman–Crippen MR) is 89.9 cm³/mol. The van der Waals surface area contributed by atoms with E-state index in [1.807, 2.05) is 18.2 Å². The summed E-state index contributed by atoms with van der Waals surface area (Å²) in [6, 6.07) is 10.2. The number of carbonyl (C=O) groups is 2. The molecule has 1 atom stereocenters. The fourth-order valence-electron chi connectivity index (χ4n) is 3.73. The highest BCUT2D eigenvalue weighted by molar-refractivity contribution is 5.91. The molecule has 0 aromatic heterocycles. The third-order valence-corrected chi connectivity index (χ3v) is 5.07. The number of carbonyl (C=O) groups excluding carboxylic acids is 2. The van der Waals surface area contributed by atoms with Crippen molar-refractivity contribution in [2.24, 2.45) is 0 Å². The van der Waals surface area contributed by atoms with Crippen LogP contribution in [0.3, 0.4) is 0 Å². The Morgan fingerprint density at radius 2 is 1.83 bits per heavy atom. The highest BCUT2D eigenvalue weighted by atomic mass is 16.2. The van der Waals surface area contributed by atoms with Crippen molar-refractivity contribution in [2.75, 3.05) is 6.54 Å². The third-order valence-electron chi connectivity index (χ3n) is 5.07. The van der Waals surface area contributed by atoms with Gasteiger partial charge in [-0.3, -0.25) is 9.59 Å². The summed E-state index contributed by atoms with van der Waals surface area (Å²) in [5.74, 6) is 0.167. The molecule has 3 rings (SSSR count). The van der Waals surface area contributed by atoms with Crippen LogP contribution in [0.4, 0.5) is 0 Å². The molecule has 2 amide bonds. The first-order valence-corrected chi connectivity index (χ1v) is 8.88. The minimum atomic E-state index is -0.270. The lowest BCUT2D eigenvalue weighted by molar-refractivity contribution is -0.135. The molecule has 1 aromatic rings. The molecule has 1 aliphatic carbocycles. The minimum Gasteiger partial charge on any atom is -0.352 e. The smallest absolute Gasteiger partial charge is 0.243 e. The first-order chi connectivity index (χ1) is 11.2. The molecule has 124 valence electrons. The van der Waals surface area contributed by atoms with E-state index < -0.39 is 0 Å². The van der Waals surface area contributed by atoms with Crippen molar-refractivity contribution in [2.45, 2.75) is 63.5 Å². The monoisotopic (exact) mass is 314 g/mol. The average Bonchev–Trinajstić information content (AvgIpc) is 2.96. The van der Waals surface area contributed by atoms with Gasteiger partial charge >= 0.3 is 0 Å². The van der Waals surface area contributed by atoms with Crippen molar-refractivity contribution < 1.29 is 9.59 Å². The number of nitrogens with zero attached hydrogens (tertiary/aromatic N) is 1. The summed E-state index contributed by atoms with van der Waals surface area (Å²) in [5, 5.41) is 3.18. The van der Waals surface area contributed by atoms with Gasteiger partial charge in [-0.05, 0) is 31.2 Å². The van der Waals surface area contributed by atoms with Crippen molar-refractivity contribution in [3.8, 4) is 0 Å². The summed E-state index contributed by atoms with van der Waals surface area (Å²) < 4.78 is 0. The maximum absolute atomic E-state index is 12.6. The zero-order valence-corrected chi connectivity index (χ0v) is 13.7. The van der Waals surface area contributed by atoms with Crippen LogP contribution in [0.15, 0.2) is 30.3 Å².